The number of nitrogens with zero attached hydrogens (tertiary/aromatic N) is 1. The van der Waals surface area contributed by atoms with Crippen LogP contribution in [-0.2, 0) is 20.2 Å². The van der Waals surface area contributed by atoms with E-state index < -0.39 is 15.4 Å². The second-order valence-corrected chi connectivity index (χ2v) is 10.3. The fourth-order valence-corrected chi connectivity index (χ4v) is 5.67. The SMILES string of the molecule is CCS(=O)(=O)N1CCC(C(=O)NC2CCCCC2C)(c2ccccc2)CC1. The smallest absolute Gasteiger partial charge is 0.230 e. The largest absolute Gasteiger partial charge is 0.352 e. The molecule has 1 saturated carbocycles. The van der Waals surface area contributed by atoms with Crippen molar-refractivity contribution in [1.29, 1.82) is 0 Å². The van der Waals surface area contributed by atoms with Gasteiger partial charge in [0.1, 0.15) is 0 Å². The van der Waals surface area contributed by atoms with Crippen LogP contribution in [0, 0.1) is 5.92 Å². The van der Waals surface area contributed by atoms with Gasteiger partial charge in [-0.25, -0.2) is 12.7 Å². The number of carbonyl (C=O) groups excluding carboxylic acids is 1. The highest BCUT2D eigenvalue weighted by molar-refractivity contribution is 7.89. The van der Waals surface area contributed by atoms with Gasteiger partial charge in [0.2, 0.25) is 15.9 Å². The molecule has 2 aliphatic rings. The summed E-state index contributed by atoms with van der Waals surface area (Å²) in [6.07, 6.45) is 5.66. The maximum Gasteiger partial charge on any atom is 0.230 e. The summed E-state index contributed by atoms with van der Waals surface area (Å²) in [7, 11) is -3.21. The Morgan fingerprint density at radius 2 is 1.78 bits per heavy atom. The summed E-state index contributed by atoms with van der Waals surface area (Å²) in [5.41, 5.74) is 0.359. The molecule has 1 aliphatic heterocycles. The first-order chi connectivity index (χ1) is 12.9. The number of piperidine rings is 1. The van der Waals surface area contributed by atoms with Crippen LogP contribution in [0.2, 0.25) is 0 Å². The first-order valence-corrected chi connectivity index (χ1v) is 11.8. The van der Waals surface area contributed by atoms with Gasteiger partial charge in [0.25, 0.3) is 0 Å². The molecule has 27 heavy (non-hydrogen) atoms. The Labute approximate surface area is 163 Å². The predicted molar refractivity (Wildman–Crippen MR) is 108 cm³/mol. The maximum atomic E-state index is 13.5. The Balaban J connectivity index is 1.83. The van der Waals surface area contributed by atoms with E-state index in [0.717, 1.165) is 24.8 Å². The Morgan fingerprint density at radius 3 is 2.37 bits per heavy atom. The van der Waals surface area contributed by atoms with Gasteiger partial charge in [-0.2, -0.15) is 0 Å². The zero-order valence-electron chi connectivity index (χ0n) is 16.5. The van der Waals surface area contributed by atoms with E-state index in [9.17, 15) is 13.2 Å². The molecule has 2 atom stereocenters. The molecule has 6 heteroatoms. The second-order valence-electron chi connectivity index (χ2n) is 8.09. The van der Waals surface area contributed by atoms with Gasteiger partial charge in [-0.15, -0.1) is 0 Å². The number of rotatable bonds is 5. The fourth-order valence-electron chi connectivity index (χ4n) is 4.57. The van der Waals surface area contributed by atoms with E-state index in [-0.39, 0.29) is 17.7 Å². The summed E-state index contributed by atoms with van der Waals surface area (Å²) in [6.45, 7) is 4.69. The van der Waals surface area contributed by atoms with Crippen molar-refractivity contribution in [1.82, 2.24) is 9.62 Å². The molecule has 1 aliphatic carbocycles. The minimum atomic E-state index is -3.21. The Bertz CT molecular complexity index is 740. The quantitative estimate of drug-likeness (QED) is 0.837. The molecule has 5 nitrogen and oxygen atoms in total. The first-order valence-electron chi connectivity index (χ1n) is 10.2. The molecule has 1 aromatic rings. The Morgan fingerprint density at radius 1 is 1.15 bits per heavy atom. The van der Waals surface area contributed by atoms with Crippen molar-refractivity contribution in [2.75, 3.05) is 18.8 Å². The topological polar surface area (TPSA) is 66.5 Å². The maximum absolute atomic E-state index is 13.5. The summed E-state index contributed by atoms with van der Waals surface area (Å²) in [4.78, 5) is 13.5. The van der Waals surface area contributed by atoms with E-state index in [1.165, 1.54) is 6.42 Å². The van der Waals surface area contributed by atoms with Gasteiger partial charge >= 0.3 is 0 Å². The molecule has 1 N–H and O–H groups in total. The fraction of sp³-hybridized carbons (Fsp3) is 0.667. The molecule has 0 radical (unpaired) electrons. The van der Waals surface area contributed by atoms with Crippen LogP contribution in [0.3, 0.4) is 0 Å². The van der Waals surface area contributed by atoms with Crippen molar-refractivity contribution in [3.63, 3.8) is 0 Å². The number of nitrogens with one attached hydrogen (secondary N) is 1. The average molecular weight is 393 g/mol. The lowest BCUT2D eigenvalue weighted by molar-refractivity contribution is -0.129. The summed E-state index contributed by atoms with van der Waals surface area (Å²) < 4.78 is 26.1. The number of benzene rings is 1. The molecule has 3 rings (SSSR count). The van der Waals surface area contributed by atoms with Crippen LogP contribution in [-0.4, -0.2) is 43.5 Å². The van der Waals surface area contributed by atoms with Crippen LogP contribution in [0.1, 0.15) is 57.9 Å². The number of amides is 1. The summed E-state index contributed by atoms with van der Waals surface area (Å²) >= 11 is 0. The number of carbonyl (C=O) groups is 1. The van der Waals surface area contributed by atoms with Crippen molar-refractivity contribution in [2.45, 2.75) is 63.8 Å². The highest BCUT2D eigenvalue weighted by atomic mass is 32.2. The third kappa shape index (κ3) is 4.21. The molecule has 150 valence electrons. The van der Waals surface area contributed by atoms with E-state index in [2.05, 4.69) is 12.2 Å². The molecule has 1 aromatic carbocycles. The van der Waals surface area contributed by atoms with Crippen LogP contribution in [0.4, 0.5) is 0 Å². The van der Waals surface area contributed by atoms with Gasteiger partial charge in [-0.1, -0.05) is 50.1 Å². The average Bonchev–Trinajstić information content (AvgIpc) is 2.70. The third-order valence-electron chi connectivity index (χ3n) is 6.52. The van der Waals surface area contributed by atoms with E-state index in [1.807, 2.05) is 30.3 Å². The van der Waals surface area contributed by atoms with E-state index in [0.29, 0.717) is 31.8 Å². The molecule has 2 fully saturated rings. The Hall–Kier alpha value is -1.40. The zero-order chi connectivity index (χ0) is 19.5. The molecule has 2 unspecified atom stereocenters. The Kier molecular flexibility index (Phi) is 6.26. The molecular weight excluding hydrogens is 360 g/mol. The first kappa shape index (κ1) is 20.3. The third-order valence-corrected chi connectivity index (χ3v) is 8.40. The molecule has 0 aromatic heterocycles. The van der Waals surface area contributed by atoms with Crippen LogP contribution in [0.25, 0.3) is 0 Å². The molecule has 1 saturated heterocycles. The summed E-state index contributed by atoms with van der Waals surface area (Å²) in [5.74, 6) is 0.675. The van der Waals surface area contributed by atoms with E-state index in [1.54, 1.807) is 11.2 Å². The second kappa shape index (κ2) is 8.31. The highest BCUT2D eigenvalue weighted by Gasteiger charge is 2.45. The monoisotopic (exact) mass is 392 g/mol. The van der Waals surface area contributed by atoms with Gasteiger partial charge in [-0.05, 0) is 44.1 Å². The lowest BCUT2D eigenvalue weighted by Gasteiger charge is -2.42. The number of sulfonamides is 1. The van der Waals surface area contributed by atoms with Gasteiger partial charge in [-0.3, -0.25) is 4.79 Å². The summed E-state index contributed by atoms with van der Waals surface area (Å²) in [6, 6.07) is 10.1. The number of hydrogen-bond acceptors (Lipinski definition) is 3. The number of hydrogen-bond donors (Lipinski definition) is 1. The molecular formula is C21H32N2O3S. The van der Waals surface area contributed by atoms with E-state index >= 15 is 0 Å². The lowest BCUT2D eigenvalue weighted by atomic mass is 9.72. The molecule has 1 heterocycles. The van der Waals surface area contributed by atoms with Crippen LogP contribution in [0.5, 0.6) is 0 Å². The van der Waals surface area contributed by atoms with Crippen LogP contribution < -0.4 is 5.32 Å². The van der Waals surface area contributed by atoms with Crippen molar-refractivity contribution in [3.8, 4) is 0 Å². The van der Waals surface area contributed by atoms with Gasteiger partial charge in [0, 0.05) is 19.1 Å². The minimum absolute atomic E-state index is 0.0704. The standard InChI is InChI=1S/C21H32N2O3S/c1-3-27(25,26)23-15-13-21(14-16-23,18-10-5-4-6-11-18)20(24)22-19-12-8-7-9-17(19)2/h4-6,10-11,17,19H,3,7-9,12-16H2,1-2H3,(H,22,24). The summed E-state index contributed by atoms with van der Waals surface area (Å²) in [5, 5.41) is 3.34. The molecule has 1 amide bonds. The van der Waals surface area contributed by atoms with Gasteiger partial charge < -0.3 is 5.32 Å². The van der Waals surface area contributed by atoms with E-state index in [4.69, 9.17) is 0 Å². The van der Waals surface area contributed by atoms with Gasteiger partial charge in [0.15, 0.2) is 0 Å². The lowest BCUT2D eigenvalue weighted by Crippen LogP contribution is -2.55. The van der Waals surface area contributed by atoms with Crippen molar-refractivity contribution >= 4 is 15.9 Å². The minimum Gasteiger partial charge on any atom is -0.352 e. The molecule has 0 bridgehead atoms. The molecule has 0 spiro atoms. The zero-order valence-corrected chi connectivity index (χ0v) is 17.3. The van der Waals surface area contributed by atoms with Crippen molar-refractivity contribution in [3.05, 3.63) is 35.9 Å². The predicted octanol–water partition coefficient (Wildman–Crippen LogP) is 3.06. The highest BCUT2D eigenvalue weighted by Crippen LogP contribution is 2.37. The van der Waals surface area contributed by atoms with Gasteiger partial charge in [0.05, 0.1) is 11.2 Å². The van der Waals surface area contributed by atoms with Crippen molar-refractivity contribution in [2.24, 2.45) is 5.92 Å². The van der Waals surface area contributed by atoms with Crippen LogP contribution in [0.15, 0.2) is 30.3 Å². The van der Waals surface area contributed by atoms with Crippen LogP contribution >= 0.6 is 0 Å². The van der Waals surface area contributed by atoms with Crippen molar-refractivity contribution < 1.29 is 13.2 Å². The normalized spacial score (nSPS) is 26.4.